The van der Waals surface area contributed by atoms with E-state index in [4.69, 9.17) is 4.84 Å². The number of benzene rings is 2. The van der Waals surface area contributed by atoms with Crippen molar-refractivity contribution >= 4 is 11.6 Å². The number of rotatable bonds is 2. The molecule has 118 valence electrons. The summed E-state index contributed by atoms with van der Waals surface area (Å²) in [6.45, 7) is 1.83. The van der Waals surface area contributed by atoms with Gasteiger partial charge in [-0.05, 0) is 5.56 Å². The van der Waals surface area contributed by atoms with Crippen molar-refractivity contribution in [2.45, 2.75) is 13.1 Å². The summed E-state index contributed by atoms with van der Waals surface area (Å²) < 4.78 is 0. The molecule has 0 bridgehead atoms. The van der Waals surface area contributed by atoms with Crippen LogP contribution in [0.5, 0.6) is 0 Å². The summed E-state index contributed by atoms with van der Waals surface area (Å²) in [7, 11) is 1.82. The van der Waals surface area contributed by atoms with Gasteiger partial charge in [-0.1, -0.05) is 60.7 Å². The lowest BCUT2D eigenvalue weighted by molar-refractivity contribution is -0.191. The van der Waals surface area contributed by atoms with Crippen LogP contribution in [0.3, 0.4) is 0 Å². The highest BCUT2D eigenvalue weighted by atomic mass is 16.7. The van der Waals surface area contributed by atoms with Gasteiger partial charge in [0.05, 0.1) is 5.71 Å². The van der Waals surface area contributed by atoms with E-state index in [0.717, 1.165) is 16.8 Å². The first-order chi connectivity index (χ1) is 11.2. The minimum absolute atomic E-state index is 0.135. The van der Waals surface area contributed by atoms with Crippen molar-refractivity contribution in [1.29, 1.82) is 0 Å². The van der Waals surface area contributed by atoms with Crippen LogP contribution in [0.15, 0.2) is 65.8 Å². The first-order valence-corrected chi connectivity index (χ1v) is 7.50. The summed E-state index contributed by atoms with van der Waals surface area (Å²) in [4.78, 5) is 18.0. The van der Waals surface area contributed by atoms with Crippen LogP contribution < -0.4 is 0 Å². The van der Waals surface area contributed by atoms with E-state index in [1.54, 1.807) is 5.06 Å². The molecule has 0 aliphatic carbocycles. The quantitative estimate of drug-likeness (QED) is 0.857. The zero-order chi connectivity index (χ0) is 16.2. The van der Waals surface area contributed by atoms with Crippen molar-refractivity contribution in [3.8, 4) is 0 Å². The summed E-state index contributed by atoms with van der Waals surface area (Å²) >= 11 is 0. The zero-order valence-corrected chi connectivity index (χ0v) is 13.2. The Bertz CT molecular complexity index is 701. The first-order valence-electron chi connectivity index (χ1n) is 7.50. The molecule has 0 spiro atoms. The van der Waals surface area contributed by atoms with E-state index in [1.165, 1.54) is 11.9 Å². The van der Waals surface area contributed by atoms with Crippen molar-refractivity contribution in [2.24, 2.45) is 5.10 Å². The Morgan fingerprint density at radius 3 is 2.30 bits per heavy atom. The lowest BCUT2D eigenvalue weighted by Crippen LogP contribution is -2.37. The van der Waals surface area contributed by atoms with Gasteiger partial charge < -0.3 is 0 Å². The number of hydrogen-bond acceptors (Lipinski definition) is 4. The molecule has 0 fully saturated rings. The first kappa shape index (κ1) is 15.4. The lowest BCUT2D eigenvalue weighted by atomic mass is 10.1. The molecule has 0 unspecified atom stereocenters. The fourth-order valence-corrected chi connectivity index (χ4v) is 2.59. The summed E-state index contributed by atoms with van der Waals surface area (Å²) in [5.74, 6) is -0.135. The standard InChI is InChI=1S/C18H19N3O2/c1-14(22)21-18(16-11-7-4-8-12-16)20(2)23-13-17(19-21)15-9-5-3-6-10-15/h3-12,18H,13H2,1-2H3/t18-/m1/s1. The highest BCUT2D eigenvalue weighted by molar-refractivity contribution is 6.02. The number of hydrazone groups is 1. The number of hydrogen-bond donors (Lipinski definition) is 0. The normalized spacial score (nSPS) is 19.1. The summed E-state index contributed by atoms with van der Waals surface area (Å²) in [6, 6.07) is 19.5. The number of nitrogens with zero attached hydrogens (tertiary/aromatic N) is 3. The van der Waals surface area contributed by atoms with Crippen LogP contribution in [0.2, 0.25) is 0 Å². The van der Waals surface area contributed by atoms with Crippen molar-refractivity contribution in [2.75, 3.05) is 13.7 Å². The molecule has 0 saturated heterocycles. The molecule has 3 rings (SSSR count). The monoisotopic (exact) mass is 309 g/mol. The summed E-state index contributed by atoms with van der Waals surface area (Å²) in [5, 5.41) is 7.74. The summed E-state index contributed by atoms with van der Waals surface area (Å²) in [5.41, 5.74) is 2.62. The topological polar surface area (TPSA) is 45.1 Å². The van der Waals surface area contributed by atoms with Crippen LogP contribution in [0.4, 0.5) is 0 Å². The third-order valence-corrected chi connectivity index (χ3v) is 3.74. The van der Waals surface area contributed by atoms with Crippen molar-refractivity contribution in [1.82, 2.24) is 10.1 Å². The molecule has 5 nitrogen and oxygen atoms in total. The molecular formula is C18H19N3O2. The second kappa shape index (κ2) is 6.73. The molecule has 0 radical (unpaired) electrons. The Balaban J connectivity index is 2.03. The largest absolute Gasteiger partial charge is 0.290 e. The van der Waals surface area contributed by atoms with E-state index in [9.17, 15) is 4.79 Å². The van der Waals surface area contributed by atoms with E-state index in [-0.39, 0.29) is 5.91 Å². The predicted octanol–water partition coefficient (Wildman–Crippen LogP) is 2.82. The Morgan fingerprint density at radius 1 is 1.09 bits per heavy atom. The molecule has 1 amide bonds. The minimum atomic E-state index is -0.394. The molecule has 0 N–H and O–H groups in total. The number of hydroxylamine groups is 2. The Labute approximate surface area is 135 Å². The van der Waals surface area contributed by atoms with E-state index in [1.807, 2.05) is 67.7 Å². The molecule has 5 heteroatoms. The van der Waals surface area contributed by atoms with Crippen molar-refractivity contribution < 1.29 is 9.63 Å². The zero-order valence-electron chi connectivity index (χ0n) is 13.2. The van der Waals surface area contributed by atoms with Gasteiger partial charge in [-0.25, -0.2) is 5.01 Å². The SMILES string of the molecule is CC(=O)N1N=C(c2ccccc2)CON(C)[C@H]1c1ccccc1. The lowest BCUT2D eigenvalue weighted by Gasteiger charge is -2.31. The van der Waals surface area contributed by atoms with Crippen LogP contribution in [0.1, 0.15) is 24.2 Å². The molecule has 2 aromatic carbocycles. The number of amides is 1. The Morgan fingerprint density at radius 2 is 1.70 bits per heavy atom. The van der Waals surface area contributed by atoms with Gasteiger partial charge in [0.1, 0.15) is 6.61 Å². The smallest absolute Gasteiger partial charge is 0.241 e. The highest BCUT2D eigenvalue weighted by Crippen LogP contribution is 2.27. The Kier molecular flexibility index (Phi) is 4.50. The third kappa shape index (κ3) is 3.31. The van der Waals surface area contributed by atoms with Gasteiger partial charge in [-0.2, -0.15) is 10.2 Å². The minimum Gasteiger partial charge on any atom is -0.290 e. The molecule has 1 heterocycles. The molecule has 1 aliphatic heterocycles. The second-order valence-electron chi connectivity index (χ2n) is 5.38. The van der Waals surface area contributed by atoms with Crippen LogP contribution >= 0.6 is 0 Å². The van der Waals surface area contributed by atoms with Crippen LogP contribution in [-0.2, 0) is 9.63 Å². The van der Waals surface area contributed by atoms with Gasteiger partial charge in [-0.3, -0.25) is 9.63 Å². The Hall–Kier alpha value is -2.50. The maximum Gasteiger partial charge on any atom is 0.241 e. The van der Waals surface area contributed by atoms with Crippen LogP contribution in [0.25, 0.3) is 0 Å². The van der Waals surface area contributed by atoms with Gasteiger partial charge in [0, 0.05) is 19.5 Å². The molecule has 2 aromatic rings. The van der Waals surface area contributed by atoms with Crippen molar-refractivity contribution in [3.05, 3.63) is 71.8 Å². The van der Waals surface area contributed by atoms with E-state index in [2.05, 4.69) is 5.10 Å². The van der Waals surface area contributed by atoms with Crippen molar-refractivity contribution in [3.63, 3.8) is 0 Å². The van der Waals surface area contributed by atoms with Gasteiger partial charge >= 0.3 is 0 Å². The van der Waals surface area contributed by atoms with Gasteiger partial charge in [0.15, 0.2) is 6.17 Å². The van der Waals surface area contributed by atoms with Crippen LogP contribution in [-0.4, -0.2) is 35.3 Å². The molecular weight excluding hydrogens is 290 g/mol. The number of carbonyl (C=O) groups excluding carboxylic acids is 1. The maximum atomic E-state index is 12.2. The summed E-state index contributed by atoms with van der Waals surface area (Å²) in [6.07, 6.45) is -0.394. The fourth-order valence-electron chi connectivity index (χ4n) is 2.59. The predicted molar refractivity (Wildman–Crippen MR) is 88.4 cm³/mol. The average molecular weight is 309 g/mol. The number of carbonyl (C=O) groups is 1. The highest BCUT2D eigenvalue weighted by Gasteiger charge is 2.31. The average Bonchev–Trinajstić information content (AvgIpc) is 2.76. The molecule has 1 atom stereocenters. The van der Waals surface area contributed by atoms with E-state index >= 15 is 0 Å². The molecule has 0 aromatic heterocycles. The third-order valence-electron chi connectivity index (χ3n) is 3.74. The van der Waals surface area contributed by atoms with Gasteiger partial charge in [0.2, 0.25) is 5.91 Å². The van der Waals surface area contributed by atoms with E-state index < -0.39 is 6.17 Å². The van der Waals surface area contributed by atoms with Crippen LogP contribution in [0, 0.1) is 0 Å². The molecule has 23 heavy (non-hydrogen) atoms. The molecule has 0 saturated carbocycles. The molecule has 1 aliphatic rings. The maximum absolute atomic E-state index is 12.2. The van der Waals surface area contributed by atoms with E-state index in [0.29, 0.717) is 6.61 Å². The fraction of sp³-hybridized carbons (Fsp3) is 0.222. The second-order valence-corrected chi connectivity index (χ2v) is 5.38. The van der Waals surface area contributed by atoms with Gasteiger partial charge in [-0.15, -0.1) is 0 Å². The van der Waals surface area contributed by atoms with Gasteiger partial charge in [0.25, 0.3) is 0 Å².